The van der Waals surface area contributed by atoms with Crippen molar-refractivity contribution in [3.63, 3.8) is 0 Å². The SMILES string of the molecule is COc1ccccc1CC(=O)NCc1ccc(C(N)=O)o1. The lowest BCUT2D eigenvalue weighted by atomic mass is 10.1. The quantitative estimate of drug-likeness (QED) is 0.836. The zero-order valence-corrected chi connectivity index (χ0v) is 11.6. The van der Waals surface area contributed by atoms with E-state index in [1.165, 1.54) is 6.07 Å². The molecule has 0 atom stereocenters. The number of para-hydroxylation sites is 1. The summed E-state index contributed by atoms with van der Waals surface area (Å²) in [5.74, 6) is 0.404. The zero-order valence-electron chi connectivity index (χ0n) is 11.6. The Kier molecular flexibility index (Phi) is 4.61. The number of ether oxygens (including phenoxy) is 1. The number of benzene rings is 1. The highest BCUT2D eigenvalue weighted by molar-refractivity contribution is 5.89. The largest absolute Gasteiger partial charge is 0.496 e. The van der Waals surface area contributed by atoms with Gasteiger partial charge in [0.1, 0.15) is 11.5 Å². The molecule has 1 aromatic heterocycles. The second-order valence-corrected chi connectivity index (χ2v) is 4.40. The van der Waals surface area contributed by atoms with Gasteiger partial charge in [-0.15, -0.1) is 0 Å². The van der Waals surface area contributed by atoms with Crippen molar-refractivity contribution in [3.8, 4) is 5.75 Å². The first-order chi connectivity index (χ1) is 10.1. The van der Waals surface area contributed by atoms with Gasteiger partial charge in [-0.25, -0.2) is 0 Å². The van der Waals surface area contributed by atoms with Crippen LogP contribution in [0, 0.1) is 0 Å². The number of primary amides is 1. The topological polar surface area (TPSA) is 94.6 Å². The summed E-state index contributed by atoms with van der Waals surface area (Å²) in [5.41, 5.74) is 5.88. The highest BCUT2D eigenvalue weighted by atomic mass is 16.5. The van der Waals surface area contributed by atoms with Crippen molar-refractivity contribution in [2.45, 2.75) is 13.0 Å². The molecule has 0 aliphatic carbocycles. The molecule has 0 bridgehead atoms. The summed E-state index contributed by atoms with van der Waals surface area (Å²) in [5, 5.41) is 2.71. The lowest BCUT2D eigenvalue weighted by Crippen LogP contribution is -2.24. The van der Waals surface area contributed by atoms with Crippen molar-refractivity contribution in [1.29, 1.82) is 0 Å². The maximum atomic E-state index is 11.9. The fraction of sp³-hybridized carbons (Fsp3) is 0.200. The summed E-state index contributed by atoms with van der Waals surface area (Å²) in [6.45, 7) is 0.196. The molecule has 0 saturated heterocycles. The highest BCUT2D eigenvalue weighted by Gasteiger charge is 2.10. The molecule has 0 fully saturated rings. The number of hydrogen-bond acceptors (Lipinski definition) is 4. The Morgan fingerprint density at radius 1 is 1.24 bits per heavy atom. The second-order valence-electron chi connectivity index (χ2n) is 4.40. The van der Waals surface area contributed by atoms with Crippen LogP contribution in [0.25, 0.3) is 0 Å². The van der Waals surface area contributed by atoms with Crippen LogP contribution in [0.1, 0.15) is 21.9 Å². The van der Waals surface area contributed by atoms with Crippen LogP contribution in [-0.2, 0) is 17.8 Å². The third kappa shape index (κ3) is 3.85. The van der Waals surface area contributed by atoms with Gasteiger partial charge in [0.25, 0.3) is 5.91 Å². The third-order valence-corrected chi connectivity index (χ3v) is 2.91. The van der Waals surface area contributed by atoms with Gasteiger partial charge in [0, 0.05) is 5.56 Å². The molecule has 1 aromatic carbocycles. The fourth-order valence-electron chi connectivity index (χ4n) is 1.88. The van der Waals surface area contributed by atoms with Crippen LogP contribution in [0.4, 0.5) is 0 Å². The first-order valence-electron chi connectivity index (χ1n) is 6.37. The summed E-state index contributed by atoms with van der Waals surface area (Å²) in [6.07, 6.45) is 0.202. The first-order valence-corrected chi connectivity index (χ1v) is 6.37. The van der Waals surface area contributed by atoms with Gasteiger partial charge in [-0.1, -0.05) is 18.2 Å². The molecule has 0 unspecified atom stereocenters. The monoisotopic (exact) mass is 288 g/mol. The van der Waals surface area contributed by atoms with E-state index in [4.69, 9.17) is 14.9 Å². The van der Waals surface area contributed by atoms with Gasteiger partial charge in [-0.2, -0.15) is 0 Å². The molecule has 6 nitrogen and oxygen atoms in total. The Morgan fingerprint density at radius 3 is 2.67 bits per heavy atom. The number of carbonyl (C=O) groups is 2. The molecule has 2 rings (SSSR count). The molecule has 2 amide bonds. The van der Waals surface area contributed by atoms with E-state index in [-0.39, 0.29) is 24.6 Å². The van der Waals surface area contributed by atoms with Crippen molar-refractivity contribution in [2.24, 2.45) is 5.73 Å². The van der Waals surface area contributed by atoms with Gasteiger partial charge < -0.3 is 20.2 Å². The molecule has 3 N–H and O–H groups in total. The van der Waals surface area contributed by atoms with Crippen LogP contribution in [0.2, 0.25) is 0 Å². The number of furan rings is 1. The summed E-state index contributed by atoms with van der Waals surface area (Å²) in [7, 11) is 1.56. The molecule has 0 saturated carbocycles. The predicted molar refractivity (Wildman–Crippen MR) is 75.8 cm³/mol. The Bertz CT molecular complexity index is 649. The molecule has 6 heteroatoms. The minimum Gasteiger partial charge on any atom is -0.496 e. The molecular formula is C15H16N2O4. The molecule has 0 spiro atoms. The number of carbonyl (C=O) groups excluding carboxylic acids is 2. The van der Waals surface area contributed by atoms with Crippen molar-refractivity contribution in [2.75, 3.05) is 7.11 Å². The smallest absolute Gasteiger partial charge is 0.284 e. The Labute approximate surface area is 121 Å². The van der Waals surface area contributed by atoms with E-state index in [2.05, 4.69) is 5.32 Å². The predicted octanol–water partition coefficient (Wildman–Crippen LogP) is 1.25. The van der Waals surface area contributed by atoms with Crippen molar-refractivity contribution in [3.05, 3.63) is 53.5 Å². The lowest BCUT2D eigenvalue weighted by molar-refractivity contribution is -0.120. The van der Waals surface area contributed by atoms with Crippen LogP contribution < -0.4 is 15.8 Å². The molecule has 21 heavy (non-hydrogen) atoms. The Morgan fingerprint density at radius 2 is 2.00 bits per heavy atom. The zero-order chi connectivity index (χ0) is 15.2. The number of rotatable bonds is 6. The minimum atomic E-state index is -0.637. The number of nitrogens with one attached hydrogen (secondary N) is 1. The Balaban J connectivity index is 1.91. The number of methoxy groups -OCH3 is 1. The van der Waals surface area contributed by atoms with Crippen LogP contribution >= 0.6 is 0 Å². The maximum absolute atomic E-state index is 11.9. The molecule has 0 radical (unpaired) electrons. The van der Waals surface area contributed by atoms with Gasteiger partial charge in [0.05, 0.1) is 20.1 Å². The van der Waals surface area contributed by atoms with E-state index in [0.29, 0.717) is 11.5 Å². The summed E-state index contributed by atoms with van der Waals surface area (Å²) in [6, 6.07) is 10.4. The van der Waals surface area contributed by atoms with E-state index >= 15 is 0 Å². The number of hydrogen-bond donors (Lipinski definition) is 2. The standard InChI is InChI=1S/C15H16N2O4/c1-20-12-5-3-2-4-10(12)8-14(18)17-9-11-6-7-13(21-11)15(16)19/h2-7H,8-9H2,1H3,(H2,16,19)(H,17,18). The van der Waals surface area contributed by atoms with Gasteiger partial charge in [0.2, 0.25) is 5.91 Å². The van der Waals surface area contributed by atoms with Gasteiger partial charge in [-0.05, 0) is 18.2 Å². The summed E-state index contributed by atoms with van der Waals surface area (Å²) >= 11 is 0. The van der Waals surface area contributed by atoms with Crippen LogP contribution in [0.15, 0.2) is 40.8 Å². The van der Waals surface area contributed by atoms with Crippen molar-refractivity contribution < 1.29 is 18.7 Å². The molecule has 0 aliphatic heterocycles. The molecular weight excluding hydrogens is 272 g/mol. The Hall–Kier alpha value is -2.76. The number of amides is 2. The fourth-order valence-corrected chi connectivity index (χ4v) is 1.88. The average molecular weight is 288 g/mol. The van der Waals surface area contributed by atoms with Crippen LogP contribution in [0.5, 0.6) is 5.75 Å². The molecule has 1 heterocycles. The van der Waals surface area contributed by atoms with Gasteiger partial charge in [-0.3, -0.25) is 9.59 Å². The van der Waals surface area contributed by atoms with Crippen LogP contribution in [0.3, 0.4) is 0 Å². The van der Waals surface area contributed by atoms with E-state index in [0.717, 1.165) is 5.56 Å². The highest BCUT2D eigenvalue weighted by Crippen LogP contribution is 2.17. The second kappa shape index (κ2) is 6.60. The van der Waals surface area contributed by atoms with Crippen molar-refractivity contribution >= 4 is 11.8 Å². The van der Waals surface area contributed by atoms with E-state index in [1.54, 1.807) is 19.2 Å². The molecule has 2 aromatic rings. The third-order valence-electron chi connectivity index (χ3n) is 2.91. The normalized spacial score (nSPS) is 10.1. The van der Waals surface area contributed by atoms with E-state index in [1.807, 2.05) is 18.2 Å². The first kappa shape index (κ1) is 14.6. The minimum absolute atomic E-state index is 0.0731. The van der Waals surface area contributed by atoms with Gasteiger partial charge >= 0.3 is 0 Å². The molecule has 110 valence electrons. The van der Waals surface area contributed by atoms with E-state index in [9.17, 15) is 9.59 Å². The van der Waals surface area contributed by atoms with Crippen LogP contribution in [-0.4, -0.2) is 18.9 Å². The summed E-state index contributed by atoms with van der Waals surface area (Å²) in [4.78, 5) is 22.8. The molecule has 0 aliphatic rings. The van der Waals surface area contributed by atoms with E-state index < -0.39 is 5.91 Å². The maximum Gasteiger partial charge on any atom is 0.284 e. The average Bonchev–Trinajstić information content (AvgIpc) is 2.95. The lowest BCUT2D eigenvalue weighted by Gasteiger charge is -2.08. The number of nitrogens with two attached hydrogens (primary N) is 1. The summed E-state index contributed by atoms with van der Waals surface area (Å²) < 4.78 is 10.4. The van der Waals surface area contributed by atoms with Gasteiger partial charge in [0.15, 0.2) is 5.76 Å². The van der Waals surface area contributed by atoms with Crippen molar-refractivity contribution in [1.82, 2.24) is 5.32 Å².